The Balaban J connectivity index is 1.74. The van der Waals surface area contributed by atoms with Crippen molar-refractivity contribution < 1.29 is 4.79 Å². The quantitative estimate of drug-likeness (QED) is 0.748. The van der Waals surface area contributed by atoms with Crippen LogP contribution in [0.2, 0.25) is 0 Å². The highest BCUT2D eigenvalue weighted by Crippen LogP contribution is 2.52. The topological polar surface area (TPSA) is 20.3 Å². The molecule has 0 spiro atoms. The monoisotopic (exact) mass is 289 g/mol. The fourth-order valence-corrected chi connectivity index (χ4v) is 4.98. The number of rotatable bonds is 2. The summed E-state index contributed by atoms with van der Waals surface area (Å²) in [6.07, 6.45) is 7.23. The molecule has 0 aromatic carbocycles. The van der Waals surface area contributed by atoms with Crippen LogP contribution in [0.3, 0.4) is 0 Å². The molecule has 1 aliphatic carbocycles. The van der Waals surface area contributed by atoms with E-state index < -0.39 is 0 Å². The summed E-state index contributed by atoms with van der Waals surface area (Å²) in [4.78, 5) is 14.6. The minimum Gasteiger partial charge on any atom is -0.336 e. The molecule has 20 heavy (non-hydrogen) atoms. The van der Waals surface area contributed by atoms with Gasteiger partial charge in [0.05, 0.1) is 0 Å². The third kappa shape index (κ3) is 2.69. The van der Waals surface area contributed by atoms with Crippen LogP contribution in [0.15, 0.2) is 22.9 Å². The van der Waals surface area contributed by atoms with Gasteiger partial charge in [-0.1, -0.05) is 20.8 Å². The number of hydrogen-bond acceptors (Lipinski definition) is 2. The number of carbonyl (C=O) groups is 1. The lowest BCUT2D eigenvalue weighted by molar-refractivity contribution is -0.127. The first-order valence-corrected chi connectivity index (χ1v) is 8.32. The van der Waals surface area contributed by atoms with Gasteiger partial charge in [-0.15, -0.1) is 0 Å². The highest BCUT2D eigenvalue weighted by atomic mass is 32.1. The lowest BCUT2D eigenvalue weighted by Crippen LogP contribution is -2.36. The molecule has 2 bridgehead atoms. The Labute approximate surface area is 125 Å². The standard InChI is InChI=1S/C17H23NOS/c1-16(2)8-14-9-17(3,11-16)12-18(14)15(19)5-4-13-6-7-20-10-13/h4-7,10,14H,8-9,11-12H2,1-3H3/b5-4+. The van der Waals surface area contributed by atoms with E-state index >= 15 is 0 Å². The van der Waals surface area contributed by atoms with E-state index in [-0.39, 0.29) is 5.91 Å². The second-order valence-corrected chi connectivity index (χ2v) is 8.35. The number of amides is 1. The average molecular weight is 289 g/mol. The molecule has 2 fully saturated rings. The Kier molecular flexibility index (Phi) is 3.28. The molecule has 1 amide bonds. The van der Waals surface area contributed by atoms with Gasteiger partial charge in [0.25, 0.3) is 0 Å². The molecule has 1 aromatic rings. The third-order valence-corrected chi connectivity index (χ3v) is 5.36. The third-order valence-electron chi connectivity index (χ3n) is 4.66. The molecule has 0 N–H and O–H groups in total. The predicted molar refractivity (Wildman–Crippen MR) is 84.6 cm³/mol. The molecule has 1 saturated heterocycles. The molecule has 2 aliphatic rings. The van der Waals surface area contributed by atoms with Crippen molar-refractivity contribution >= 4 is 23.3 Å². The van der Waals surface area contributed by atoms with E-state index in [0.717, 1.165) is 18.5 Å². The SMILES string of the molecule is CC1(C)CC2CC(C)(CN2C(=O)/C=C/c2ccsc2)C1. The molecular weight excluding hydrogens is 266 g/mol. The zero-order valence-electron chi connectivity index (χ0n) is 12.6. The van der Waals surface area contributed by atoms with Crippen molar-refractivity contribution in [1.29, 1.82) is 0 Å². The summed E-state index contributed by atoms with van der Waals surface area (Å²) in [5, 5.41) is 4.10. The second-order valence-electron chi connectivity index (χ2n) is 7.57. The van der Waals surface area contributed by atoms with Gasteiger partial charge in [-0.25, -0.2) is 0 Å². The van der Waals surface area contributed by atoms with Crippen molar-refractivity contribution in [3.05, 3.63) is 28.5 Å². The largest absolute Gasteiger partial charge is 0.336 e. The van der Waals surface area contributed by atoms with E-state index in [1.54, 1.807) is 17.4 Å². The van der Waals surface area contributed by atoms with Gasteiger partial charge in [0.15, 0.2) is 0 Å². The fourth-order valence-electron chi connectivity index (χ4n) is 4.35. The first-order chi connectivity index (χ1) is 9.37. The summed E-state index contributed by atoms with van der Waals surface area (Å²) in [5.41, 5.74) is 1.80. The summed E-state index contributed by atoms with van der Waals surface area (Å²) in [6, 6.07) is 2.48. The highest BCUT2D eigenvalue weighted by Gasteiger charge is 2.50. The van der Waals surface area contributed by atoms with Crippen molar-refractivity contribution in [3.63, 3.8) is 0 Å². The maximum absolute atomic E-state index is 12.5. The number of carbonyl (C=O) groups excluding carboxylic acids is 1. The Morgan fingerprint density at radius 3 is 2.90 bits per heavy atom. The Hall–Kier alpha value is -1.09. The molecular formula is C17H23NOS. The van der Waals surface area contributed by atoms with Crippen molar-refractivity contribution in [2.24, 2.45) is 10.8 Å². The van der Waals surface area contributed by atoms with Crippen LogP contribution < -0.4 is 0 Å². The maximum atomic E-state index is 12.5. The summed E-state index contributed by atoms with van der Waals surface area (Å²) >= 11 is 1.66. The summed E-state index contributed by atoms with van der Waals surface area (Å²) < 4.78 is 0. The van der Waals surface area contributed by atoms with Gasteiger partial charge < -0.3 is 4.90 Å². The first-order valence-electron chi connectivity index (χ1n) is 7.38. The van der Waals surface area contributed by atoms with Gasteiger partial charge in [-0.05, 0) is 58.6 Å². The van der Waals surface area contributed by atoms with Crippen molar-refractivity contribution in [2.75, 3.05) is 6.54 Å². The van der Waals surface area contributed by atoms with Crippen LogP contribution in [0.5, 0.6) is 0 Å². The van der Waals surface area contributed by atoms with Crippen LogP contribution in [0.25, 0.3) is 6.08 Å². The van der Waals surface area contributed by atoms with Gasteiger partial charge in [0.1, 0.15) is 0 Å². The van der Waals surface area contributed by atoms with E-state index in [0.29, 0.717) is 16.9 Å². The number of nitrogens with zero attached hydrogens (tertiary/aromatic N) is 1. The van der Waals surface area contributed by atoms with Gasteiger partial charge in [0.2, 0.25) is 5.91 Å². The molecule has 1 saturated carbocycles. The number of thiophene rings is 1. The van der Waals surface area contributed by atoms with Gasteiger partial charge >= 0.3 is 0 Å². The molecule has 3 rings (SSSR count). The summed E-state index contributed by atoms with van der Waals surface area (Å²) in [6.45, 7) is 7.95. The first kappa shape index (κ1) is 13.9. The van der Waals surface area contributed by atoms with Crippen molar-refractivity contribution in [1.82, 2.24) is 4.90 Å². The lowest BCUT2D eigenvalue weighted by Gasteiger charge is -2.39. The van der Waals surface area contributed by atoms with Gasteiger partial charge in [-0.2, -0.15) is 11.3 Å². The fraction of sp³-hybridized carbons (Fsp3) is 0.588. The number of likely N-dealkylation sites (tertiary alicyclic amines) is 1. The van der Waals surface area contributed by atoms with Crippen LogP contribution in [0, 0.1) is 10.8 Å². The van der Waals surface area contributed by atoms with Crippen LogP contribution >= 0.6 is 11.3 Å². The molecule has 1 aromatic heterocycles. The van der Waals surface area contributed by atoms with E-state index in [1.807, 2.05) is 17.5 Å². The van der Waals surface area contributed by atoms with Crippen LogP contribution in [0.4, 0.5) is 0 Å². The average Bonchev–Trinajstić information content (AvgIpc) is 2.91. The number of fused-ring (bicyclic) bond motifs is 2. The Morgan fingerprint density at radius 1 is 1.40 bits per heavy atom. The molecule has 2 unspecified atom stereocenters. The van der Waals surface area contributed by atoms with E-state index in [4.69, 9.17) is 0 Å². The zero-order chi connectivity index (χ0) is 14.4. The zero-order valence-corrected chi connectivity index (χ0v) is 13.4. The molecule has 3 heteroatoms. The van der Waals surface area contributed by atoms with Crippen LogP contribution in [-0.4, -0.2) is 23.4 Å². The Morgan fingerprint density at radius 2 is 2.20 bits per heavy atom. The van der Waals surface area contributed by atoms with Crippen LogP contribution in [-0.2, 0) is 4.79 Å². The Bertz CT molecular complexity index is 531. The second kappa shape index (κ2) is 4.73. The summed E-state index contributed by atoms with van der Waals surface area (Å²) in [7, 11) is 0. The van der Waals surface area contributed by atoms with E-state index in [9.17, 15) is 4.79 Å². The lowest BCUT2D eigenvalue weighted by atomic mass is 9.65. The number of hydrogen-bond donors (Lipinski definition) is 0. The normalized spacial score (nSPS) is 31.9. The smallest absolute Gasteiger partial charge is 0.246 e. The van der Waals surface area contributed by atoms with Crippen molar-refractivity contribution in [2.45, 2.75) is 46.1 Å². The maximum Gasteiger partial charge on any atom is 0.246 e. The van der Waals surface area contributed by atoms with Gasteiger partial charge in [0, 0.05) is 18.7 Å². The van der Waals surface area contributed by atoms with E-state index in [2.05, 4.69) is 31.1 Å². The molecule has 2 heterocycles. The highest BCUT2D eigenvalue weighted by molar-refractivity contribution is 7.08. The molecule has 2 nitrogen and oxygen atoms in total. The minimum atomic E-state index is 0.183. The molecule has 1 aliphatic heterocycles. The molecule has 108 valence electrons. The predicted octanol–water partition coefficient (Wildman–Crippen LogP) is 4.19. The van der Waals surface area contributed by atoms with Crippen molar-refractivity contribution in [3.8, 4) is 0 Å². The minimum absolute atomic E-state index is 0.183. The molecule has 2 atom stereocenters. The molecule has 0 radical (unpaired) electrons. The van der Waals surface area contributed by atoms with E-state index in [1.165, 1.54) is 12.8 Å². The van der Waals surface area contributed by atoms with Gasteiger partial charge in [-0.3, -0.25) is 4.79 Å². The summed E-state index contributed by atoms with van der Waals surface area (Å²) in [5.74, 6) is 0.183. The van der Waals surface area contributed by atoms with Crippen LogP contribution in [0.1, 0.15) is 45.6 Å².